The predicted octanol–water partition coefficient (Wildman–Crippen LogP) is 4.38. The van der Waals surface area contributed by atoms with Crippen LogP contribution in [0.15, 0.2) is 48.5 Å². The molecule has 0 amide bonds. The van der Waals surface area contributed by atoms with Gasteiger partial charge in [-0.2, -0.15) is 0 Å². The number of hydrogen-bond donors (Lipinski definition) is 2. The van der Waals surface area contributed by atoms with E-state index in [-0.39, 0.29) is 6.04 Å². The Morgan fingerprint density at radius 1 is 1.05 bits per heavy atom. The van der Waals surface area contributed by atoms with Crippen molar-refractivity contribution in [1.29, 1.82) is 0 Å². The molecule has 0 aliphatic carbocycles. The largest absolute Gasteiger partial charge is 0.387 e. The van der Waals surface area contributed by atoms with Gasteiger partial charge in [0.2, 0.25) is 0 Å². The lowest BCUT2D eigenvalue weighted by molar-refractivity contribution is 0.171. The van der Waals surface area contributed by atoms with Gasteiger partial charge in [-0.3, -0.25) is 0 Å². The van der Waals surface area contributed by atoms with Crippen molar-refractivity contribution >= 4 is 23.2 Å². The summed E-state index contributed by atoms with van der Waals surface area (Å²) in [6.07, 6.45) is -0.572. The van der Waals surface area contributed by atoms with Crippen molar-refractivity contribution in [2.24, 2.45) is 0 Å². The standard InChI is InChI=1S/C16H17Cl2NO/c1-11(14-4-2-3-5-15(14)18)19-10-16(20)12-6-8-13(17)9-7-12/h2-9,11,16,19-20H,10H2,1H3. The van der Waals surface area contributed by atoms with E-state index in [0.29, 0.717) is 11.6 Å². The molecule has 0 spiro atoms. The topological polar surface area (TPSA) is 32.3 Å². The van der Waals surface area contributed by atoms with Gasteiger partial charge in [-0.15, -0.1) is 0 Å². The molecule has 2 aromatic rings. The fourth-order valence-corrected chi connectivity index (χ4v) is 2.45. The van der Waals surface area contributed by atoms with Crippen LogP contribution in [0.5, 0.6) is 0 Å². The molecule has 0 saturated carbocycles. The predicted molar refractivity (Wildman–Crippen MR) is 84.3 cm³/mol. The maximum absolute atomic E-state index is 10.1. The highest BCUT2D eigenvalue weighted by Crippen LogP contribution is 2.23. The van der Waals surface area contributed by atoms with Crippen LogP contribution in [0.1, 0.15) is 30.2 Å². The van der Waals surface area contributed by atoms with E-state index in [0.717, 1.165) is 16.1 Å². The Hall–Kier alpha value is -1.06. The zero-order chi connectivity index (χ0) is 14.5. The van der Waals surface area contributed by atoms with Crippen LogP contribution in [0.25, 0.3) is 0 Å². The molecule has 0 saturated heterocycles. The Labute approximate surface area is 129 Å². The van der Waals surface area contributed by atoms with Gasteiger partial charge in [0, 0.05) is 22.6 Å². The van der Waals surface area contributed by atoms with Crippen molar-refractivity contribution in [3.63, 3.8) is 0 Å². The Balaban J connectivity index is 1.95. The smallest absolute Gasteiger partial charge is 0.0914 e. The molecular formula is C16H17Cl2NO. The van der Waals surface area contributed by atoms with Gasteiger partial charge >= 0.3 is 0 Å². The summed E-state index contributed by atoms with van der Waals surface area (Å²) in [4.78, 5) is 0. The summed E-state index contributed by atoms with van der Waals surface area (Å²) in [6, 6.07) is 15.0. The van der Waals surface area contributed by atoms with Crippen molar-refractivity contribution in [2.45, 2.75) is 19.1 Å². The van der Waals surface area contributed by atoms with Crippen LogP contribution in [0.2, 0.25) is 10.0 Å². The number of benzene rings is 2. The number of hydrogen-bond acceptors (Lipinski definition) is 2. The second-order valence-electron chi connectivity index (χ2n) is 4.72. The third-order valence-corrected chi connectivity index (χ3v) is 3.84. The van der Waals surface area contributed by atoms with Crippen molar-refractivity contribution in [1.82, 2.24) is 5.32 Å². The highest BCUT2D eigenvalue weighted by Gasteiger charge is 2.12. The summed E-state index contributed by atoms with van der Waals surface area (Å²) in [5.41, 5.74) is 1.87. The molecular weight excluding hydrogens is 293 g/mol. The minimum absolute atomic E-state index is 0.0747. The first-order valence-electron chi connectivity index (χ1n) is 6.49. The minimum atomic E-state index is -0.572. The van der Waals surface area contributed by atoms with Gasteiger partial charge in [0.15, 0.2) is 0 Å². The third-order valence-electron chi connectivity index (χ3n) is 3.24. The van der Waals surface area contributed by atoms with Crippen molar-refractivity contribution in [3.8, 4) is 0 Å². The van der Waals surface area contributed by atoms with E-state index in [1.807, 2.05) is 43.3 Å². The lowest BCUT2D eigenvalue weighted by Gasteiger charge is -2.18. The number of halogens is 2. The van der Waals surface area contributed by atoms with Crippen LogP contribution < -0.4 is 5.32 Å². The third kappa shape index (κ3) is 3.97. The molecule has 0 aromatic heterocycles. The molecule has 0 aliphatic heterocycles. The van der Waals surface area contributed by atoms with Crippen molar-refractivity contribution < 1.29 is 5.11 Å². The molecule has 2 N–H and O–H groups in total. The first-order valence-corrected chi connectivity index (χ1v) is 7.25. The summed E-state index contributed by atoms with van der Waals surface area (Å²) >= 11 is 12.0. The average molecular weight is 310 g/mol. The molecule has 2 unspecified atom stereocenters. The highest BCUT2D eigenvalue weighted by atomic mass is 35.5. The molecule has 0 radical (unpaired) electrons. The SMILES string of the molecule is CC(NCC(O)c1ccc(Cl)cc1)c1ccccc1Cl. The van der Waals surface area contributed by atoms with Crippen molar-refractivity contribution in [2.75, 3.05) is 6.54 Å². The molecule has 106 valence electrons. The van der Waals surface area contributed by atoms with E-state index in [2.05, 4.69) is 5.32 Å². The van der Waals surface area contributed by atoms with E-state index < -0.39 is 6.10 Å². The Kier molecular flexibility index (Phi) is 5.44. The summed E-state index contributed by atoms with van der Waals surface area (Å²) < 4.78 is 0. The second-order valence-corrected chi connectivity index (χ2v) is 5.56. The summed E-state index contributed by atoms with van der Waals surface area (Å²) in [5, 5.41) is 14.8. The molecule has 2 rings (SSSR count). The number of rotatable bonds is 5. The van der Waals surface area contributed by atoms with Gasteiger partial charge in [-0.1, -0.05) is 53.5 Å². The van der Waals surface area contributed by atoms with Crippen LogP contribution in [0, 0.1) is 0 Å². The molecule has 2 aromatic carbocycles. The molecule has 4 heteroatoms. The Morgan fingerprint density at radius 3 is 2.35 bits per heavy atom. The second kappa shape index (κ2) is 7.09. The van der Waals surface area contributed by atoms with Crippen LogP contribution >= 0.6 is 23.2 Å². The minimum Gasteiger partial charge on any atom is -0.387 e. The van der Waals surface area contributed by atoms with Gasteiger partial charge < -0.3 is 10.4 Å². The summed E-state index contributed by atoms with van der Waals surface area (Å²) in [5.74, 6) is 0. The monoisotopic (exact) mass is 309 g/mol. The zero-order valence-corrected chi connectivity index (χ0v) is 12.7. The van der Waals surface area contributed by atoms with Gasteiger partial charge in [0.05, 0.1) is 6.10 Å². The maximum atomic E-state index is 10.1. The van der Waals surface area contributed by atoms with Gasteiger partial charge in [-0.25, -0.2) is 0 Å². The van der Waals surface area contributed by atoms with Crippen LogP contribution in [0.3, 0.4) is 0 Å². The lowest BCUT2D eigenvalue weighted by atomic mass is 10.1. The van der Waals surface area contributed by atoms with Crippen LogP contribution in [0.4, 0.5) is 0 Å². The first-order chi connectivity index (χ1) is 9.58. The molecule has 0 fully saturated rings. The van der Waals surface area contributed by atoms with Gasteiger partial charge in [0.25, 0.3) is 0 Å². The van der Waals surface area contributed by atoms with E-state index >= 15 is 0 Å². The zero-order valence-electron chi connectivity index (χ0n) is 11.2. The first kappa shape index (κ1) is 15.3. The number of aliphatic hydroxyl groups is 1. The van der Waals surface area contributed by atoms with Gasteiger partial charge in [-0.05, 0) is 36.2 Å². The lowest BCUT2D eigenvalue weighted by Crippen LogP contribution is -2.24. The van der Waals surface area contributed by atoms with E-state index in [1.165, 1.54) is 0 Å². The van der Waals surface area contributed by atoms with Crippen LogP contribution in [-0.2, 0) is 0 Å². The number of aliphatic hydroxyl groups excluding tert-OH is 1. The van der Waals surface area contributed by atoms with E-state index in [1.54, 1.807) is 12.1 Å². The fourth-order valence-electron chi connectivity index (χ4n) is 2.03. The number of nitrogens with one attached hydrogen (secondary N) is 1. The molecule has 2 nitrogen and oxygen atoms in total. The molecule has 20 heavy (non-hydrogen) atoms. The van der Waals surface area contributed by atoms with E-state index in [9.17, 15) is 5.11 Å². The molecule has 2 atom stereocenters. The summed E-state index contributed by atoms with van der Waals surface area (Å²) in [6.45, 7) is 2.48. The van der Waals surface area contributed by atoms with Crippen LogP contribution in [-0.4, -0.2) is 11.7 Å². The molecule has 0 heterocycles. The Bertz CT molecular complexity index is 557. The molecule has 0 bridgehead atoms. The van der Waals surface area contributed by atoms with E-state index in [4.69, 9.17) is 23.2 Å². The maximum Gasteiger partial charge on any atom is 0.0914 e. The quantitative estimate of drug-likeness (QED) is 0.859. The Morgan fingerprint density at radius 2 is 1.70 bits per heavy atom. The van der Waals surface area contributed by atoms with Gasteiger partial charge in [0.1, 0.15) is 0 Å². The van der Waals surface area contributed by atoms with Crippen molar-refractivity contribution in [3.05, 3.63) is 69.7 Å². The fraction of sp³-hybridized carbons (Fsp3) is 0.250. The highest BCUT2D eigenvalue weighted by molar-refractivity contribution is 6.31. The average Bonchev–Trinajstić information content (AvgIpc) is 2.45. The molecule has 0 aliphatic rings. The normalized spacial score (nSPS) is 14.0. The summed E-state index contributed by atoms with van der Waals surface area (Å²) in [7, 11) is 0.